The Bertz CT molecular complexity index is 1050. The summed E-state index contributed by atoms with van der Waals surface area (Å²) in [5.74, 6) is -1.65. The molecule has 1 aliphatic heterocycles. The Balaban J connectivity index is 1.47. The van der Waals surface area contributed by atoms with Gasteiger partial charge in [-0.15, -0.1) is 0 Å². The number of hydrogen-bond donors (Lipinski definition) is 2. The predicted octanol–water partition coefficient (Wildman–Crippen LogP) is 4.41. The van der Waals surface area contributed by atoms with E-state index in [4.69, 9.17) is 4.74 Å². The second kappa shape index (κ2) is 9.49. The van der Waals surface area contributed by atoms with Gasteiger partial charge in [0.15, 0.2) is 0 Å². The Morgan fingerprint density at radius 3 is 2.26 bits per heavy atom. The summed E-state index contributed by atoms with van der Waals surface area (Å²) < 4.78 is 5.64. The minimum absolute atomic E-state index is 0.0789. The zero-order valence-electron chi connectivity index (χ0n) is 19.9. The third-order valence-electron chi connectivity index (χ3n) is 7.46. The van der Waals surface area contributed by atoms with Crippen molar-refractivity contribution in [3.05, 3.63) is 59.7 Å². The van der Waals surface area contributed by atoms with Gasteiger partial charge in [-0.05, 0) is 47.9 Å². The van der Waals surface area contributed by atoms with Gasteiger partial charge in [-0.3, -0.25) is 4.79 Å². The number of hydrogen-bond acceptors (Lipinski definition) is 4. The molecular weight excluding hydrogens is 432 g/mol. The van der Waals surface area contributed by atoms with Gasteiger partial charge in [0, 0.05) is 12.5 Å². The number of likely N-dealkylation sites (tertiary alicyclic amines) is 1. The molecule has 0 bridgehead atoms. The van der Waals surface area contributed by atoms with Gasteiger partial charge in [-0.1, -0.05) is 68.8 Å². The van der Waals surface area contributed by atoms with Crippen LogP contribution in [0.4, 0.5) is 4.79 Å². The fourth-order valence-corrected chi connectivity index (χ4v) is 5.16. The van der Waals surface area contributed by atoms with E-state index in [0.717, 1.165) is 22.3 Å². The van der Waals surface area contributed by atoms with Crippen molar-refractivity contribution in [2.24, 2.45) is 5.92 Å². The molecule has 4 rings (SSSR count). The lowest BCUT2D eigenvalue weighted by Gasteiger charge is -2.35. The lowest BCUT2D eigenvalue weighted by molar-refractivity contribution is -0.156. The third kappa shape index (κ3) is 4.15. The lowest BCUT2D eigenvalue weighted by Crippen LogP contribution is -2.58. The standard InChI is InChI=1S/C27H32N2O5/c1-4-17(2)23(24(30)29-15-9-14-27(29,3)25(31)32)28-26(33)34-16-22-20-12-7-5-10-18(20)19-11-6-8-13-21(19)22/h5-8,10-13,17,22-23H,4,9,14-16H2,1-3H3,(H,28,33)(H,31,32)/t17-,23-,27?/m0/s1. The molecule has 2 aromatic rings. The smallest absolute Gasteiger partial charge is 0.407 e. The molecule has 3 atom stereocenters. The van der Waals surface area contributed by atoms with Crippen LogP contribution >= 0.6 is 0 Å². The van der Waals surface area contributed by atoms with Gasteiger partial charge in [0.25, 0.3) is 0 Å². The molecule has 2 N–H and O–H groups in total. The van der Waals surface area contributed by atoms with Crippen molar-refractivity contribution in [3.63, 3.8) is 0 Å². The fraction of sp³-hybridized carbons (Fsp3) is 0.444. The maximum absolute atomic E-state index is 13.4. The fourth-order valence-electron chi connectivity index (χ4n) is 5.16. The molecular formula is C27H32N2O5. The molecule has 0 radical (unpaired) electrons. The number of carbonyl (C=O) groups is 3. The number of benzene rings is 2. The second-order valence-corrected chi connectivity index (χ2v) is 9.51. The van der Waals surface area contributed by atoms with Crippen LogP contribution in [-0.4, -0.2) is 52.7 Å². The Hall–Kier alpha value is -3.35. The van der Waals surface area contributed by atoms with E-state index in [1.165, 1.54) is 4.90 Å². The molecule has 1 aliphatic carbocycles. The van der Waals surface area contributed by atoms with Gasteiger partial charge in [0.1, 0.15) is 18.2 Å². The van der Waals surface area contributed by atoms with Gasteiger partial charge in [-0.25, -0.2) is 9.59 Å². The number of ether oxygens (including phenoxy) is 1. The summed E-state index contributed by atoms with van der Waals surface area (Å²) in [6.07, 6.45) is 0.994. The highest BCUT2D eigenvalue weighted by molar-refractivity contribution is 5.92. The van der Waals surface area contributed by atoms with Crippen LogP contribution in [-0.2, 0) is 14.3 Å². The summed E-state index contributed by atoms with van der Waals surface area (Å²) in [5, 5.41) is 12.5. The van der Waals surface area contributed by atoms with Crippen molar-refractivity contribution in [1.29, 1.82) is 0 Å². The number of amides is 2. The molecule has 0 saturated carbocycles. The van der Waals surface area contributed by atoms with Gasteiger partial charge in [-0.2, -0.15) is 0 Å². The van der Waals surface area contributed by atoms with E-state index in [1.54, 1.807) is 6.92 Å². The van der Waals surface area contributed by atoms with Crippen LogP contribution in [0.15, 0.2) is 48.5 Å². The van der Waals surface area contributed by atoms with Crippen LogP contribution in [0.25, 0.3) is 11.1 Å². The van der Waals surface area contributed by atoms with Crippen LogP contribution in [0.1, 0.15) is 57.1 Å². The highest BCUT2D eigenvalue weighted by Gasteiger charge is 2.48. The molecule has 1 fully saturated rings. The summed E-state index contributed by atoms with van der Waals surface area (Å²) >= 11 is 0. The average molecular weight is 465 g/mol. The Morgan fingerprint density at radius 1 is 1.12 bits per heavy atom. The summed E-state index contributed by atoms with van der Waals surface area (Å²) in [5.41, 5.74) is 3.25. The molecule has 1 heterocycles. The number of alkyl carbamates (subject to hydrolysis) is 1. The number of aliphatic carboxylic acids is 1. The van der Waals surface area contributed by atoms with Crippen LogP contribution in [0.2, 0.25) is 0 Å². The van der Waals surface area contributed by atoms with Crippen molar-refractivity contribution in [2.45, 2.75) is 57.5 Å². The Morgan fingerprint density at radius 2 is 1.71 bits per heavy atom. The molecule has 2 amide bonds. The minimum atomic E-state index is -1.26. The molecule has 7 nitrogen and oxygen atoms in total. The first-order valence-corrected chi connectivity index (χ1v) is 11.9. The van der Waals surface area contributed by atoms with Gasteiger partial charge >= 0.3 is 12.1 Å². The quantitative estimate of drug-likeness (QED) is 0.633. The topological polar surface area (TPSA) is 95.9 Å². The third-order valence-corrected chi connectivity index (χ3v) is 7.46. The van der Waals surface area contributed by atoms with Gasteiger partial charge in [0.2, 0.25) is 5.91 Å². The van der Waals surface area contributed by atoms with E-state index in [-0.39, 0.29) is 24.3 Å². The highest BCUT2D eigenvalue weighted by Crippen LogP contribution is 2.44. The van der Waals surface area contributed by atoms with Crippen LogP contribution < -0.4 is 5.32 Å². The first-order chi connectivity index (χ1) is 16.3. The van der Waals surface area contributed by atoms with E-state index in [9.17, 15) is 19.5 Å². The molecule has 0 aromatic heterocycles. The first-order valence-electron chi connectivity index (χ1n) is 11.9. The van der Waals surface area contributed by atoms with E-state index in [2.05, 4.69) is 17.4 Å². The Labute approximate surface area is 200 Å². The summed E-state index contributed by atoms with van der Waals surface area (Å²) in [6.45, 7) is 5.89. The van der Waals surface area contributed by atoms with Crippen molar-refractivity contribution >= 4 is 18.0 Å². The van der Waals surface area contributed by atoms with E-state index >= 15 is 0 Å². The number of nitrogens with one attached hydrogen (secondary N) is 1. The van der Waals surface area contributed by atoms with E-state index < -0.39 is 23.6 Å². The van der Waals surface area contributed by atoms with Gasteiger partial charge < -0.3 is 20.1 Å². The molecule has 2 aliphatic rings. The Kier molecular flexibility index (Phi) is 6.64. The molecule has 1 saturated heterocycles. The predicted molar refractivity (Wildman–Crippen MR) is 128 cm³/mol. The normalized spacial score (nSPS) is 20.9. The highest BCUT2D eigenvalue weighted by atomic mass is 16.5. The summed E-state index contributed by atoms with van der Waals surface area (Å²) in [6, 6.07) is 15.3. The molecule has 34 heavy (non-hydrogen) atoms. The average Bonchev–Trinajstić information content (AvgIpc) is 3.39. The molecule has 1 unspecified atom stereocenters. The molecule has 2 aromatic carbocycles. The first kappa shape index (κ1) is 23.8. The maximum atomic E-state index is 13.4. The molecule has 0 spiro atoms. The molecule has 7 heteroatoms. The van der Waals surface area contributed by atoms with Crippen LogP contribution in [0, 0.1) is 5.92 Å². The second-order valence-electron chi connectivity index (χ2n) is 9.51. The van der Waals surface area contributed by atoms with E-state index in [0.29, 0.717) is 25.8 Å². The van der Waals surface area contributed by atoms with Crippen molar-refractivity contribution < 1.29 is 24.2 Å². The van der Waals surface area contributed by atoms with Gasteiger partial charge in [0.05, 0.1) is 0 Å². The van der Waals surface area contributed by atoms with E-state index in [1.807, 2.05) is 50.2 Å². The molecule has 180 valence electrons. The number of carboxylic acids is 1. The zero-order valence-corrected chi connectivity index (χ0v) is 19.9. The van der Waals surface area contributed by atoms with Crippen molar-refractivity contribution in [3.8, 4) is 11.1 Å². The monoisotopic (exact) mass is 464 g/mol. The van der Waals surface area contributed by atoms with Crippen molar-refractivity contribution in [1.82, 2.24) is 10.2 Å². The number of nitrogens with zero attached hydrogens (tertiary/aromatic N) is 1. The summed E-state index contributed by atoms with van der Waals surface area (Å²) in [4.78, 5) is 39.5. The largest absolute Gasteiger partial charge is 0.480 e. The number of fused-ring (bicyclic) bond motifs is 3. The van der Waals surface area contributed by atoms with Crippen LogP contribution in [0.5, 0.6) is 0 Å². The number of carbonyl (C=O) groups excluding carboxylic acids is 2. The lowest BCUT2D eigenvalue weighted by atomic mass is 9.94. The number of carboxylic acid groups (broad SMARTS) is 1. The zero-order chi connectivity index (χ0) is 24.5. The minimum Gasteiger partial charge on any atom is -0.480 e. The number of rotatable bonds is 7. The van der Waals surface area contributed by atoms with Crippen molar-refractivity contribution in [2.75, 3.05) is 13.2 Å². The maximum Gasteiger partial charge on any atom is 0.407 e. The van der Waals surface area contributed by atoms with Crippen LogP contribution in [0.3, 0.4) is 0 Å². The summed E-state index contributed by atoms with van der Waals surface area (Å²) in [7, 11) is 0. The SMILES string of the molecule is CC[C@H](C)[C@H](NC(=O)OCC1c2ccccc2-c2ccccc21)C(=O)N1CCCC1(C)C(=O)O.